The van der Waals surface area contributed by atoms with E-state index in [1.807, 2.05) is 48.5 Å². The Bertz CT molecular complexity index is 954. The second kappa shape index (κ2) is 7.70. The minimum absolute atomic E-state index is 0.299. The van der Waals surface area contributed by atoms with E-state index in [9.17, 15) is 14.4 Å². The topological polar surface area (TPSA) is 78.5 Å². The smallest absolute Gasteiger partial charge is 0.325 e. The molecular formula is C23H25N3O3. The van der Waals surface area contributed by atoms with Gasteiger partial charge >= 0.3 is 6.03 Å². The number of rotatable bonds is 6. The van der Waals surface area contributed by atoms with Gasteiger partial charge in [-0.1, -0.05) is 49.7 Å². The highest BCUT2D eigenvalue weighted by molar-refractivity contribution is 6.10. The summed E-state index contributed by atoms with van der Waals surface area (Å²) in [6.45, 7) is 1.85. The molecule has 2 aliphatic rings. The monoisotopic (exact) mass is 391 g/mol. The third kappa shape index (κ3) is 3.50. The highest BCUT2D eigenvalue weighted by Crippen LogP contribution is 2.41. The Morgan fingerprint density at radius 2 is 1.90 bits per heavy atom. The van der Waals surface area contributed by atoms with Gasteiger partial charge in [0.15, 0.2) is 0 Å². The predicted molar refractivity (Wildman–Crippen MR) is 110 cm³/mol. The number of carbonyl (C=O) groups excluding carboxylic acids is 3. The molecule has 29 heavy (non-hydrogen) atoms. The molecule has 1 aliphatic heterocycles. The van der Waals surface area contributed by atoms with Crippen LogP contribution in [0.2, 0.25) is 0 Å². The van der Waals surface area contributed by atoms with Gasteiger partial charge in [-0.05, 0) is 54.5 Å². The summed E-state index contributed by atoms with van der Waals surface area (Å²) in [6.07, 6.45) is 4.52. The van der Waals surface area contributed by atoms with Gasteiger partial charge in [0.05, 0.1) is 0 Å². The Morgan fingerprint density at radius 3 is 2.66 bits per heavy atom. The van der Waals surface area contributed by atoms with Crippen LogP contribution in [0.3, 0.4) is 0 Å². The average Bonchev–Trinajstić information content (AvgIpc) is 3.21. The lowest BCUT2D eigenvalue weighted by Gasteiger charge is -2.22. The molecule has 1 aliphatic carbocycles. The molecule has 2 aromatic carbocycles. The molecule has 1 saturated heterocycles. The highest BCUT2D eigenvalue weighted by Gasteiger charge is 2.55. The number of carbonyl (C=O) groups is 3. The van der Waals surface area contributed by atoms with Crippen LogP contribution < -0.4 is 10.6 Å². The van der Waals surface area contributed by atoms with Crippen molar-refractivity contribution in [1.82, 2.24) is 10.2 Å². The van der Waals surface area contributed by atoms with Crippen molar-refractivity contribution < 1.29 is 14.4 Å². The Morgan fingerprint density at radius 1 is 1.14 bits per heavy atom. The van der Waals surface area contributed by atoms with Crippen molar-refractivity contribution in [2.75, 3.05) is 11.9 Å². The van der Waals surface area contributed by atoms with E-state index in [-0.39, 0.29) is 12.5 Å². The lowest BCUT2D eigenvalue weighted by Crippen LogP contribution is -2.42. The molecule has 4 rings (SSSR count). The first-order valence-corrected chi connectivity index (χ1v) is 10.1. The molecule has 1 atom stereocenters. The second-order valence-corrected chi connectivity index (χ2v) is 7.73. The van der Waals surface area contributed by atoms with Gasteiger partial charge in [-0.3, -0.25) is 14.5 Å². The van der Waals surface area contributed by atoms with Crippen LogP contribution in [0.25, 0.3) is 0 Å². The van der Waals surface area contributed by atoms with Crippen molar-refractivity contribution in [3.63, 3.8) is 0 Å². The quantitative estimate of drug-likeness (QED) is 0.741. The maximum absolute atomic E-state index is 13.1. The Labute approximate surface area is 170 Å². The van der Waals surface area contributed by atoms with Gasteiger partial charge in [-0.15, -0.1) is 0 Å². The van der Waals surface area contributed by atoms with E-state index in [1.54, 1.807) is 0 Å². The molecule has 1 spiro atoms. The molecule has 0 radical (unpaired) electrons. The molecule has 4 amide bonds. The lowest BCUT2D eigenvalue weighted by atomic mass is 9.92. The van der Waals surface area contributed by atoms with Gasteiger partial charge < -0.3 is 10.6 Å². The molecule has 6 heteroatoms. The first-order valence-electron chi connectivity index (χ1n) is 10.1. The van der Waals surface area contributed by atoms with E-state index in [0.717, 1.165) is 41.7 Å². The summed E-state index contributed by atoms with van der Waals surface area (Å²) in [5, 5.41) is 5.62. The summed E-state index contributed by atoms with van der Waals surface area (Å²) in [7, 11) is 0. The number of fused-ring (bicyclic) bond motifs is 2. The minimum atomic E-state index is -1.03. The van der Waals surface area contributed by atoms with Crippen LogP contribution in [0.15, 0.2) is 48.5 Å². The summed E-state index contributed by atoms with van der Waals surface area (Å²) in [5.74, 6) is -0.740. The molecule has 0 bridgehead atoms. The van der Waals surface area contributed by atoms with Crippen LogP contribution in [-0.2, 0) is 28.0 Å². The maximum atomic E-state index is 13.1. The average molecular weight is 391 g/mol. The van der Waals surface area contributed by atoms with Crippen molar-refractivity contribution in [3.8, 4) is 0 Å². The molecule has 0 aromatic heterocycles. The molecule has 1 fully saturated rings. The van der Waals surface area contributed by atoms with Crippen molar-refractivity contribution in [3.05, 3.63) is 65.2 Å². The zero-order valence-electron chi connectivity index (χ0n) is 16.5. The third-order valence-corrected chi connectivity index (χ3v) is 5.78. The van der Waals surface area contributed by atoms with E-state index < -0.39 is 17.5 Å². The number of aryl methyl sites for hydroxylation is 2. The number of benzene rings is 2. The summed E-state index contributed by atoms with van der Waals surface area (Å²) in [6, 6.07) is 14.8. The van der Waals surface area contributed by atoms with Crippen LogP contribution in [0, 0.1) is 0 Å². The summed E-state index contributed by atoms with van der Waals surface area (Å²) >= 11 is 0. The van der Waals surface area contributed by atoms with Gasteiger partial charge in [0.2, 0.25) is 5.91 Å². The number of hydrogen-bond donors (Lipinski definition) is 2. The number of nitrogens with zero attached hydrogens (tertiary/aromatic N) is 1. The molecule has 6 nitrogen and oxygen atoms in total. The number of nitrogens with one attached hydrogen (secondary N) is 2. The van der Waals surface area contributed by atoms with Crippen LogP contribution >= 0.6 is 0 Å². The molecule has 1 unspecified atom stereocenters. The number of amides is 4. The van der Waals surface area contributed by atoms with Gasteiger partial charge in [-0.2, -0.15) is 0 Å². The third-order valence-electron chi connectivity index (χ3n) is 5.78. The largest absolute Gasteiger partial charge is 0.325 e. The fraction of sp³-hybridized carbons (Fsp3) is 0.348. The summed E-state index contributed by atoms with van der Waals surface area (Å²) < 4.78 is 0. The van der Waals surface area contributed by atoms with Gasteiger partial charge in [0, 0.05) is 5.69 Å². The molecule has 2 aromatic rings. The van der Waals surface area contributed by atoms with Gasteiger partial charge in [0.1, 0.15) is 12.1 Å². The molecule has 150 valence electrons. The number of unbranched alkanes of at least 4 members (excludes halogenated alkanes) is 1. The number of anilines is 1. The summed E-state index contributed by atoms with van der Waals surface area (Å²) in [5.41, 5.74) is 2.75. The normalized spacial score (nSPS) is 20.1. The van der Waals surface area contributed by atoms with Crippen molar-refractivity contribution in [2.24, 2.45) is 0 Å². The number of urea groups is 1. The van der Waals surface area contributed by atoms with Gasteiger partial charge in [-0.25, -0.2) is 4.79 Å². The fourth-order valence-electron chi connectivity index (χ4n) is 4.21. The van der Waals surface area contributed by atoms with Crippen LogP contribution in [0.4, 0.5) is 10.5 Å². The van der Waals surface area contributed by atoms with Gasteiger partial charge in [0.25, 0.3) is 5.91 Å². The first kappa shape index (κ1) is 19.2. The van der Waals surface area contributed by atoms with Crippen LogP contribution in [0.5, 0.6) is 0 Å². The zero-order chi connectivity index (χ0) is 20.4. The first-order chi connectivity index (χ1) is 14.0. The standard InChI is InChI=1S/C23H25N3O3/c1-2-3-6-16-9-11-18(12-10-16)24-20(27)15-26-21(28)23(25-22(26)29)14-13-17-7-4-5-8-19(17)23/h4-5,7-12H,2-3,6,13-15H2,1H3,(H,24,27)(H,25,29). The van der Waals surface area contributed by atoms with E-state index >= 15 is 0 Å². The van der Waals surface area contributed by atoms with Crippen LogP contribution in [-0.4, -0.2) is 29.3 Å². The van der Waals surface area contributed by atoms with Crippen molar-refractivity contribution in [2.45, 2.75) is 44.6 Å². The number of imide groups is 1. The lowest BCUT2D eigenvalue weighted by molar-refractivity contribution is -0.134. The van der Waals surface area contributed by atoms with Crippen LogP contribution in [0.1, 0.15) is 42.9 Å². The van der Waals surface area contributed by atoms with Crippen molar-refractivity contribution >= 4 is 23.5 Å². The SMILES string of the molecule is CCCCc1ccc(NC(=O)CN2C(=O)NC3(CCc4ccccc43)C2=O)cc1. The molecule has 1 heterocycles. The molecule has 2 N–H and O–H groups in total. The predicted octanol–water partition coefficient (Wildman–Crippen LogP) is 3.36. The molecule has 0 saturated carbocycles. The Balaban J connectivity index is 1.43. The maximum Gasteiger partial charge on any atom is 0.325 e. The fourth-order valence-corrected chi connectivity index (χ4v) is 4.21. The highest BCUT2D eigenvalue weighted by atomic mass is 16.2. The van der Waals surface area contributed by atoms with Crippen molar-refractivity contribution in [1.29, 1.82) is 0 Å². The van der Waals surface area contributed by atoms with E-state index in [2.05, 4.69) is 17.6 Å². The number of hydrogen-bond acceptors (Lipinski definition) is 3. The zero-order valence-corrected chi connectivity index (χ0v) is 16.5. The van der Waals surface area contributed by atoms with E-state index in [1.165, 1.54) is 5.56 Å². The Hall–Kier alpha value is -3.15. The second-order valence-electron chi connectivity index (χ2n) is 7.73. The molecular weight excluding hydrogens is 366 g/mol. The summed E-state index contributed by atoms with van der Waals surface area (Å²) in [4.78, 5) is 39.1. The van der Waals surface area contributed by atoms with E-state index in [0.29, 0.717) is 12.1 Å². The van der Waals surface area contributed by atoms with E-state index in [4.69, 9.17) is 0 Å². The Kier molecular flexibility index (Phi) is 5.09. The minimum Gasteiger partial charge on any atom is -0.325 e.